The molecule has 5 heteroatoms. The summed E-state index contributed by atoms with van der Waals surface area (Å²) in [5.41, 5.74) is 2.05. The van der Waals surface area contributed by atoms with Crippen molar-refractivity contribution in [2.75, 3.05) is 13.1 Å². The van der Waals surface area contributed by atoms with Crippen LogP contribution in [0, 0.1) is 5.41 Å². The molecule has 0 aromatic carbocycles. The molecule has 134 valence electrons. The molecule has 1 spiro atoms. The van der Waals surface area contributed by atoms with Gasteiger partial charge in [0.15, 0.2) is 0 Å². The minimum atomic E-state index is 0.1000. The highest BCUT2D eigenvalue weighted by Crippen LogP contribution is 2.46. The SMILES string of the molecule is CCC1=CC(C(=O)N2CCCC3(CC=CC3)C2C)=NC2=CC(Br)CN12. The minimum absolute atomic E-state index is 0.1000. The maximum Gasteiger partial charge on any atom is 0.272 e. The van der Waals surface area contributed by atoms with Crippen molar-refractivity contribution in [3.05, 3.63) is 35.8 Å². The van der Waals surface area contributed by atoms with Crippen molar-refractivity contribution in [1.82, 2.24) is 9.80 Å². The van der Waals surface area contributed by atoms with E-state index < -0.39 is 0 Å². The van der Waals surface area contributed by atoms with Gasteiger partial charge in [-0.25, -0.2) is 4.99 Å². The highest BCUT2D eigenvalue weighted by molar-refractivity contribution is 9.09. The molecule has 25 heavy (non-hydrogen) atoms. The molecule has 4 nitrogen and oxygen atoms in total. The molecule has 3 aliphatic heterocycles. The van der Waals surface area contributed by atoms with E-state index in [0.29, 0.717) is 10.5 Å². The maximum absolute atomic E-state index is 13.3. The van der Waals surface area contributed by atoms with Gasteiger partial charge in [-0.1, -0.05) is 35.0 Å². The first-order valence-corrected chi connectivity index (χ1v) is 10.3. The average molecular weight is 404 g/mol. The molecule has 1 saturated heterocycles. The summed E-state index contributed by atoms with van der Waals surface area (Å²) in [4.78, 5) is 22.6. The van der Waals surface area contributed by atoms with Crippen LogP contribution < -0.4 is 0 Å². The van der Waals surface area contributed by atoms with Gasteiger partial charge in [-0.2, -0.15) is 0 Å². The van der Waals surface area contributed by atoms with Crippen LogP contribution in [0.3, 0.4) is 0 Å². The number of nitrogens with zero attached hydrogens (tertiary/aromatic N) is 3. The summed E-state index contributed by atoms with van der Waals surface area (Å²) in [6.45, 7) is 6.11. The zero-order valence-corrected chi connectivity index (χ0v) is 16.6. The van der Waals surface area contributed by atoms with E-state index >= 15 is 0 Å². The number of allylic oxidation sites excluding steroid dienone is 3. The molecular weight excluding hydrogens is 378 g/mol. The fourth-order valence-corrected chi connectivity index (χ4v) is 5.28. The Kier molecular flexibility index (Phi) is 4.38. The number of aliphatic imine (C=N–C) groups is 1. The predicted octanol–water partition coefficient (Wildman–Crippen LogP) is 4.00. The number of hydrogen-bond donors (Lipinski definition) is 0. The van der Waals surface area contributed by atoms with Gasteiger partial charge in [0.2, 0.25) is 0 Å². The summed E-state index contributed by atoms with van der Waals surface area (Å²) in [5, 5.41) is 0. The highest BCUT2D eigenvalue weighted by atomic mass is 79.9. The first kappa shape index (κ1) is 17.1. The molecule has 1 amide bonds. The highest BCUT2D eigenvalue weighted by Gasteiger charge is 2.44. The van der Waals surface area contributed by atoms with E-state index in [1.807, 2.05) is 6.08 Å². The van der Waals surface area contributed by atoms with E-state index in [-0.39, 0.29) is 17.4 Å². The molecule has 4 aliphatic rings. The number of carbonyl (C=O) groups excluding carboxylic acids is 1. The molecule has 1 aliphatic carbocycles. The molecule has 0 bridgehead atoms. The first-order valence-electron chi connectivity index (χ1n) is 9.43. The summed E-state index contributed by atoms with van der Waals surface area (Å²) < 4.78 is 0. The van der Waals surface area contributed by atoms with Crippen LogP contribution in [0.1, 0.15) is 46.0 Å². The van der Waals surface area contributed by atoms with Crippen molar-refractivity contribution >= 4 is 27.5 Å². The molecule has 0 N–H and O–H groups in total. The number of carbonyl (C=O) groups is 1. The molecule has 0 radical (unpaired) electrons. The largest absolute Gasteiger partial charge is 0.334 e. The molecule has 1 fully saturated rings. The second kappa shape index (κ2) is 6.42. The fourth-order valence-electron chi connectivity index (χ4n) is 4.75. The van der Waals surface area contributed by atoms with Gasteiger partial charge in [-0.05, 0) is 56.6 Å². The number of hydrogen-bond acceptors (Lipinski definition) is 3. The number of halogens is 1. The number of alkyl halides is 1. The van der Waals surface area contributed by atoms with Crippen molar-refractivity contribution in [3.63, 3.8) is 0 Å². The molecule has 0 saturated carbocycles. The summed E-state index contributed by atoms with van der Waals surface area (Å²) in [7, 11) is 0. The lowest BCUT2D eigenvalue weighted by Crippen LogP contribution is -2.54. The van der Waals surface area contributed by atoms with E-state index in [4.69, 9.17) is 4.99 Å². The Bertz CT molecular complexity index is 698. The smallest absolute Gasteiger partial charge is 0.272 e. The van der Waals surface area contributed by atoms with Gasteiger partial charge in [0, 0.05) is 24.8 Å². The Morgan fingerprint density at radius 1 is 1.40 bits per heavy atom. The number of likely N-dealkylation sites (tertiary alicyclic amines) is 1. The van der Waals surface area contributed by atoms with E-state index in [9.17, 15) is 4.79 Å². The van der Waals surface area contributed by atoms with Crippen LogP contribution >= 0.6 is 15.9 Å². The van der Waals surface area contributed by atoms with Gasteiger partial charge < -0.3 is 9.80 Å². The summed E-state index contributed by atoms with van der Waals surface area (Å²) in [5.74, 6) is 1.02. The molecule has 0 aromatic heterocycles. The molecule has 4 rings (SSSR count). The lowest BCUT2D eigenvalue weighted by atomic mass is 9.71. The maximum atomic E-state index is 13.3. The van der Waals surface area contributed by atoms with E-state index in [2.05, 4.69) is 57.8 Å². The zero-order chi connectivity index (χ0) is 17.6. The second-order valence-electron chi connectivity index (χ2n) is 7.66. The van der Waals surface area contributed by atoms with Gasteiger partial charge in [-0.15, -0.1) is 0 Å². The summed E-state index contributed by atoms with van der Waals surface area (Å²) in [6.07, 6.45) is 14.1. The predicted molar refractivity (Wildman–Crippen MR) is 105 cm³/mol. The molecule has 2 atom stereocenters. The van der Waals surface area contributed by atoms with Crippen molar-refractivity contribution in [2.24, 2.45) is 10.4 Å². The van der Waals surface area contributed by atoms with E-state index in [0.717, 1.165) is 44.6 Å². The lowest BCUT2D eigenvalue weighted by Gasteiger charge is -2.47. The Hall–Kier alpha value is -1.36. The van der Waals surface area contributed by atoms with Crippen LogP contribution in [-0.2, 0) is 4.79 Å². The van der Waals surface area contributed by atoms with E-state index in [1.54, 1.807) is 0 Å². The van der Waals surface area contributed by atoms with E-state index in [1.165, 1.54) is 12.1 Å². The second-order valence-corrected chi connectivity index (χ2v) is 8.83. The average Bonchev–Trinajstić information content (AvgIpc) is 3.22. The van der Waals surface area contributed by atoms with Crippen LogP contribution in [0.2, 0.25) is 0 Å². The standard InChI is InChI=1S/C20H26BrN3O/c1-3-16-12-17(22-18-11-15(21)13-24(16)18)19(25)23-10-6-9-20(14(23)2)7-4-5-8-20/h4-5,11-12,14-15H,3,6-10,13H2,1-2H3. The number of rotatable bonds is 2. The van der Waals surface area contributed by atoms with Crippen LogP contribution in [0.25, 0.3) is 0 Å². The van der Waals surface area contributed by atoms with Crippen molar-refractivity contribution < 1.29 is 4.79 Å². The third-order valence-corrected chi connectivity index (χ3v) is 6.89. The quantitative estimate of drug-likeness (QED) is 0.515. The van der Waals surface area contributed by atoms with Crippen LogP contribution in [0.15, 0.2) is 40.8 Å². The summed E-state index contributed by atoms with van der Waals surface area (Å²) in [6, 6.07) is 0.268. The molecule has 3 heterocycles. The summed E-state index contributed by atoms with van der Waals surface area (Å²) >= 11 is 3.65. The van der Waals surface area contributed by atoms with Gasteiger partial charge >= 0.3 is 0 Å². The minimum Gasteiger partial charge on any atom is -0.334 e. The Morgan fingerprint density at radius 3 is 2.88 bits per heavy atom. The number of amides is 1. The van der Waals surface area contributed by atoms with Crippen molar-refractivity contribution in [1.29, 1.82) is 0 Å². The Balaban J connectivity index is 1.61. The zero-order valence-electron chi connectivity index (χ0n) is 15.0. The van der Waals surface area contributed by atoms with Gasteiger partial charge in [0.1, 0.15) is 11.5 Å². The van der Waals surface area contributed by atoms with Gasteiger partial charge in [-0.3, -0.25) is 4.79 Å². The molecule has 0 aromatic rings. The normalized spacial score (nSPS) is 30.3. The lowest BCUT2D eigenvalue weighted by molar-refractivity contribution is -0.131. The van der Waals surface area contributed by atoms with Gasteiger partial charge in [0.05, 0.1) is 4.83 Å². The fraction of sp³-hybridized carbons (Fsp3) is 0.600. The third-order valence-electron chi connectivity index (χ3n) is 6.33. The van der Waals surface area contributed by atoms with Crippen LogP contribution in [0.5, 0.6) is 0 Å². The Morgan fingerprint density at radius 2 is 2.16 bits per heavy atom. The molecule has 2 unspecified atom stereocenters. The van der Waals surface area contributed by atoms with Crippen LogP contribution in [0.4, 0.5) is 0 Å². The monoisotopic (exact) mass is 403 g/mol. The molecular formula is C20H26BrN3O. The van der Waals surface area contributed by atoms with Crippen LogP contribution in [-0.4, -0.2) is 45.4 Å². The van der Waals surface area contributed by atoms with Crippen molar-refractivity contribution in [2.45, 2.75) is 56.8 Å². The number of piperidine rings is 1. The topological polar surface area (TPSA) is 35.9 Å². The first-order chi connectivity index (χ1) is 12.0. The number of fused-ring (bicyclic) bond motifs is 1. The Labute approximate surface area is 158 Å². The third kappa shape index (κ3) is 2.80. The van der Waals surface area contributed by atoms with Gasteiger partial charge in [0.25, 0.3) is 5.91 Å². The van der Waals surface area contributed by atoms with Crippen molar-refractivity contribution in [3.8, 4) is 0 Å².